The second kappa shape index (κ2) is 7.30. The van der Waals surface area contributed by atoms with Gasteiger partial charge in [-0.2, -0.15) is 22.5 Å². The van der Waals surface area contributed by atoms with E-state index in [1.807, 2.05) is 0 Å². The summed E-state index contributed by atoms with van der Waals surface area (Å²) in [5.41, 5.74) is 0. The molecule has 120 valence electrons. The Morgan fingerprint density at radius 2 is 2.38 bits per heavy atom. The standard InChI is InChI=1S/C12H24N6O2S/c1-3-13-7-11-5-4-6-18(8-11)21(19,20)17-10(2)12-14-9-15-16-12/h9-11,13,17H,3-8H2,1-2H3,(H,14,15,16). The summed E-state index contributed by atoms with van der Waals surface area (Å²) in [5, 5.41) is 9.71. The fourth-order valence-corrected chi connectivity index (χ4v) is 4.02. The van der Waals surface area contributed by atoms with Crippen LogP contribution in [0.1, 0.15) is 38.6 Å². The fourth-order valence-electron chi connectivity index (χ4n) is 2.54. The minimum atomic E-state index is -3.50. The predicted octanol–water partition coefficient (Wildman–Crippen LogP) is 0.0216. The SMILES string of the molecule is CCNCC1CCCN(S(=O)(=O)NC(C)c2ncn[nH]2)C1. The van der Waals surface area contributed by atoms with Gasteiger partial charge in [0.05, 0.1) is 6.04 Å². The Balaban J connectivity index is 1.95. The van der Waals surface area contributed by atoms with Crippen molar-refractivity contribution < 1.29 is 8.42 Å². The fraction of sp³-hybridized carbons (Fsp3) is 0.833. The molecule has 2 rings (SSSR count). The second-order valence-corrected chi connectivity index (χ2v) is 7.09. The van der Waals surface area contributed by atoms with Crippen LogP contribution in [0.15, 0.2) is 6.33 Å². The van der Waals surface area contributed by atoms with Crippen molar-refractivity contribution in [2.45, 2.75) is 32.7 Å². The number of piperidine rings is 1. The van der Waals surface area contributed by atoms with E-state index in [2.05, 4.69) is 32.1 Å². The van der Waals surface area contributed by atoms with Gasteiger partial charge in [-0.15, -0.1) is 0 Å². The van der Waals surface area contributed by atoms with E-state index < -0.39 is 16.3 Å². The van der Waals surface area contributed by atoms with Crippen molar-refractivity contribution in [2.24, 2.45) is 5.92 Å². The van der Waals surface area contributed by atoms with Crippen molar-refractivity contribution in [3.05, 3.63) is 12.2 Å². The van der Waals surface area contributed by atoms with Gasteiger partial charge in [0.1, 0.15) is 12.2 Å². The smallest absolute Gasteiger partial charge is 0.280 e. The normalized spacial score (nSPS) is 22.3. The van der Waals surface area contributed by atoms with Crippen LogP contribution in [0.5, 0.6) is 0 Å². The van der Waals surface area contributed by atoms with Gasteiger partial charge < -0.3 is 5.32 Å². The Bertz CT molecular complexity index is 518. The van der Waals surface area contributed by atoms with Gasteiger partial charge in [-0.3, -0.25) is 5.10 Å². The second-order valence-electron chi connectivity index (χ2n) is 5.39. The highest BCUT2D eigenvalue weighted by Gasteiger charge is 2.30. The van der Waals surface area contributed by atoms with Gasteiger partial charge in [0.25, 0.3) is 10.2 Å². The lowest BCUT2D eigenvalue weighted by Crippen LogP contribution is -2.48. The third-order valence-electron chi connectivity index (χ3n) is 3.67. The molecule has 1 aromatic heterocycles. The lowest BCUT2D eigenvalue weighted by Gasteiger charge is -2.32. The van der Waals surface area contributed by atoms with E-state index >= 15 is 0 Å². The van der Waals surface area contributed by atoms with Gasteiger partial charge in [0.2, 0.25) is 0 Å². The lowest BCUT2D eigenvalue weighted by atomic mass is 10.00. The van der Waals surface area contributed by atoms with Crippen LogP contribution in [0.2, 0.25) is 0 Å². The molecule has 0 amide bonds. The Morgan fingerprint density at radius 3 is 3.05 bits per heavy atom. The molecule has 1 saturated heterocycles. The molecule has 0 aromatic carbocycles. The van der Waals surface area contributed by atoms with Crippen LogP contribution in [0.4, 0.5) is 0 Å². The number of rotatable bonds is 7. The molecule has 2 heterocycles. The molecule has 1 aromatic rings. The van der Waals surface area contributed by atoms with Gasteiger partial charge in [0, 0.05) is 13.1 Å². The highest BCUT2D eigenvalue weighted by Crippen LogP contribution is 2.19. The van der Waals surface area contributed by atoms with Crippen molar-refractivity contribution in [3.8, 4) is 0 Å². The maximum absolute atomic E-state index is 12.4. The quantitative estimate of drug-likeness (QED) is 0.658. The molecule has 2 atom stereocenters. The highest BCUT2D eigenvalue weighted by atomic mass is 32.2. The zero-order valence-corrected chi connectivity index (χ0v) is 13.4. The van der Waals surface area contributed by atoms with E-state index in [1.54, 1.807) is 6.92 Å². The van der Waals surface area contributed by atoms with Crippen molar-refractivity contribution in [1.29, 1.82) is 0 Å². The molecule has 0 bridgehead atoms. The third-order valence-corrected chi connectivity index (χ3v) is 5.34. The first-order valence-electron chi connectivity index (χ1n) is 7.36. The van der Waals surface area contributed by atoms with Crippen LogP contribution in [0.3, 0.4) is 0 Å². The molecule has 1 aliphatic rings. The summed E-state index contributed by atoms with van der Waals surface area (Å²) < 4.78 is 29.1. The summed E-state index contributed by atoms with van der Waals surface area (Å²) in [4.78, 5) is 3.98. The van der Waals surface area contributed by atoms with Crippen LogP contribution in [0.25, 0.3) is 0 Å². The minimum Gasteiger partial charge on any atom is -0.317 e. The summed E-state index contributed by atoms with van der Waals surface area (Å²) in [6.45, 7) is 6.70. The number of aromatic nitrogens is 3. The maximum Gasteiger partial charge on any atom is 0.280 e. The molecule has 1 aliphatic heterocycles. The molecule has 0 aliphatic carbocycles. The molecule has 9 heteroatoms. The first kappa shape index (κ1) is 16.3. The summed E-state index contributed by atoms with van der Waals surface area (Å²) in [5.74, 6) is 0.885. The number of hydrogen-bond acceptors (Lipinski definition) is 5. The summed E-state index contributed by atoms with van der Waals surface area (Å²) in [6, 6.07) is -0.424. The van der Waals surface area contributed by atoms with Crippen LogP contribution in [-0.2, 0) is 10.2 Å². The van der Waals surface area contributed by atoms with Gasteiger partial charge in [-0.1, -0.05) is 6.92 Å². The number of nitrogens with zero attached hydrogens (tertiary/aromatic N) is 3. The number of aromatic amines is 1. The van der Waals surface area contributed by atoms with Gasteiger partial charge >= 0.3 is 0 Å². The summed E-state index contributed by atoms with van der Waals surface area (Å²) >= 11 is 0. The Hall–Kier alpha value is -1.03. The van der Waals surface area contributed by atoms with Crippen LogP contribution < -0.4 is 10.0 Å². The van der Waals surface area contributed by atoms with Crippen LogP contribution in [-0.4, -0.2) is 54.1 Å². The Kier molecular flexibility index (Phi) is 5.68. The summed E-state index contributed by atoms with van der Waals surface area (Å²) in [7, 11) is -3.50. The number of hydrogen-bond donors (Lipinski definition) is 3. The molecule has 3 N–H and O–H groups in total. The molecule has 8 nitrogen and oxygen atoms in total. The topological polar surface area (TPSA) is 103 Å². The molecule has 0 radical (unpaired) electrons. The van der Waals surface area contributed by atoms with Gasteiger partial charge in [-0.25, -0.2) is 4.98 Å². The third kappa shape index (κ3) is 4.47. The maximum atomic E-state index is 12.4. The molecule has 0 saturated carbocycles. The van der Waals surface area contributed by atoms with Gasteiger partial charge in [0.15, 0.2) is 0 Å². The van der Waals surface area contributed by atoms with E-state index in [-0.39, 0.29) is 0 Å². The van der Waals surface area contributed by atoms with E-state index in [1.165, 1.54) is 10.6 Å². The van der Waals surface area contributed by atoms with Crippen molar-refractivity contribution in [1.82, 2.24) is 29.5 Å². The average Bonchev–Trinajstić information content (AvgIpc) is 2.99. The predicted molar refractivity (Wildman–Crippen MR) is 79.7 cm³/mol. The first-order valence-corrected chi connectivity index (χ1v) is 8.80. The van der Waals surface area contributed by atoms with Crippen LogP contribution >= 0.6 is 0 Å². The van der Waals surface area contributed by atoms with Crippen molar-refractivity contribution in [2.75, 3.05) is 26.2 Å². The Morgan fingerprint density at radius 1 is 1.57 bits per heavy atom. The van der Waals surface area contributed by atoms with Crippen LogP contribution in [0, 0.1) is 5.92 Å². The van der Waals surface area contributed by atoms with E-state index in [9.17, 15) is 8.42 Å². The lowest BCUT2D eigenvalue weighted by molar-refractivity contribution is 0.257. The van der Waals surface area contributed by atoms with E-state index in [0.717, 1.165) is 25.9 Å². The van der Waals surface area contributed by atoms with Gasteiger partial charge in [-0.05, 0) is 38.8 Å². The highest BCUT2D eigenvalue weighted by molar-refractivity contribution is 7.87. The molecular weight excluding hydrogens is 292 g/mol. The number of nitrogens with one attached hydrogen (secondary N) is 3. The molecule has 1 fully saturated rings. The zero-order chi connectivity index (χ0) is 15.3. The van der Waals surface area contributed by atoms with Crippen molar-refractivity contribution >= 4 is 10.2 Å². The largest absolute Gasteiger partial charge is 0.317 e. The summed E-state index contributed by atoms with van der Waals surface area (Å²) in [6.07, 6.45) is 3.33. The number of H-pyrrole nitrogens is 1. The molecule has 21 heavy (non-hydrogen) atoms. The monoisotopic (exact) mass is 316 g/mol. The Labute approximate surface area is 125 Å². The van der Waals surface area contributed by atoms with E-state index in [0.29, 0.717) is 24.8 Å². The molecular formula is C12H24N6O2S. The average molecular weight is 316 g/mol. The molecule has 2 unspecified atom stereocenters. The minimum absolute atomic E-state index is 0.371. The molecule has 0 spiro atoms. The zero-order valence-electron chi connectivity index (χ0n) is 12.5. The van der Waals surface area contributed by atoms with E-state index in [4.69, 9.17) is 0 Å². The van der Waals surface area contributed by atoms with Crippen molar-refractivity contribution in [3.63, 3.8) is 0 Å². The first-order chi connectivity index (χ1) is 10.0.